The molecule has 4 unspecified atom stereocenters. The molecular formula is C14H26O2. The maximum Gasteiger partial charge on any atom is 0.138 e. The number of unbranched alkanes of at least 4 members (excludes halogenated alkanes) is 3. The number of rotatable bonds is 6. The summed E-state index contributed by atoms with van der Waals surface area (Å²) >= 11 is 0. The lowest BCUT2D eigenvalue weighted by molar-refractivity contribution is -0.125. The molecule has 0 aromatic carbocycles. The highest BCUT2D eigenvalue weighted by Gasteiger charge is 2.40. The lowest BCUT2D eigenvalue weighted by atomic mass is 9.84. The lowest BCUT2D eigenvalue weighted by Crippen LogP contribution is -2.26. The fourth-order valence-corrected chi connectivity index (χ4v) is 2.71. The monoisotopic (exact) mass is 226 g/mol. The highest BCUT2D eigenvalue weighted by Crippen LogP contribution is 2.33. The Bertz CT molecular complexity index is 225. The molecule has 0 amide bonds. The first kappa shape index (κ1) is 13.7. The van der Waals surface area contributed by atoms with Crippen LogP contribution >= 0.6 is 0 Å². The zero-order valence-corrected chi connectivity index (χ0v) is 11.2. The second-order valence-corrected chi connectivity index (χ2v) is 5.21. The molecule has 2 heteroatoms. The predicted octanol–water partition coefficient (Wildman–Crippen LogP) is 3.59. The van der Waals surface area contributed by atoms with Gasteiger partial charge < -0.3 is 4.74 Å². The van der Waals surface area contributed by atoms with Crippen molar-refractivity contribution >= 4 is 5.78 Å². The molecule has 0 aliphatic carbocycles. The summed E-state index contributed by atoms with van der Waals surface area (Å²) in [5.41, 5.74) is 0. The number of hydrogen-bond acceptors (Lipinski definition) is 2. The molecule has 1 saturated heterocycles. The minimum atomic E-state index is 0.115. The first-order chi connectivity index (χ1) is 7.57. The van der Waals surface area contributed by atoms with Crippen molar-refractivity contribution in [2.75, 3.05) is 0 Å². The van der Waals surface area contributed by atoms with Gasteiger partial charge in [-0.1, -0.05) is 33.1 Å². The highest BCUT2D eigenvalue weighted by molar-refractivity contribution is 5.82. The number of ether oxygens (including phenoxy) is 1. The summed E-state index contributed by atoms with van der Waals surface area (Å²) in [6.07, 6.45) is 5.81. The number of carbonyl (C=O) groups excluding carboxylic acids is 1. The van der Waals surface area contributed by atoms with E-state index in [1.165, 1.54) is 19.3 Å². The van der Waals surface area contributed by atoms with Crippen LogP contribution in [0.2, 0.25) is 0 Å². The molecule has 16 heavy (non-hydrogen) atoms. The average molecular weight is 226 g/mol. The van der Waals surface area contributed by atoms with Crippen molar-refractivity contribution in [3.05, 3.63) is 0 Å². The Labute approximate surface area is 99.8 Å². The fourth-order valence-electron chi connectivity index (χ4n) is 2.71. The normalized spacial score (nSPS) is 34.2. The van der Waals surface area contributed by atoms with Crippen LogP contribution in [-0.4, -0.2) is 18.0 Å². The zero-order chi connectivity index (χ0) is 12.1. The smallest absolute Gasteiger partial charge is 0.138 e. The molecule has 1 aliphatic heterocycles. The van der Waals surface area contributed by atoms with Gasteiger partial charge in [0.05, 0.1) is 12.2 Å². The van der Waals surface area contributed by atoms with Crippen LogP contribution in [0.1, 0.15) is 59.8 Å². The molecule has 1 aliphatic rings. The molecule has 2 nitrogen and oxygen atoms in total. The van der Waals surface area contributed by atoms with Gasteiger partial charge in [0.25, 0.3) is 0 Å². The number of Topliss-reactive ketones (excluding diaryl/α,β-unsaturated/α-hetero) is 1. The molecule has 1 heterocycles. The van der Waals surface area contributed by atoms with Gasteiger partial charge in [-0.05, 0) is 26.2 Å². The van der Waals surface area contributed by atoms with Crippen molar-refractivity contribution < 1.29 is 9.53 Å². The van der Waals surface area contributed by atoms with E-state index in [0.29, 0.717) is 11.7 Å². The third-order valence-corrected chi connectivity index (χ3v) is 3.89. The molecule has 94 valence electrons. The van der Waals surface area contributed by atoms with E-state index in [0.717, 1.165) is 12.8 Å². The van der Waals surface area contributed by atoms with E-state index in [9.17, 15) is 4.79 Å². The van der Waals surface area contributed by atoms with E-state index in [-0.39, 0.29) is 18.1 Å². The standard InChI is InChI=1S/C14H26O2/c1-5-6-7-8-9-13(15)14-10(2)11(3)16-12(14)4/h10-12,14H,5-9H2,1-4H3. The van der Waals surface area contributed by atoms with Crippen molar-refractivity contribution in [1.29, 1.82) is 0 Å². The first-order valence-electron chi connectivity index (χ1n) is 6.76. The Morgan fingerprint density at radius 1 is 1.06 bits per heavy atom. The van der Waals surface area contributed by atoms with Crippen LogP contribution in [0.4, 0.5) is 0 Å². The number of carbonyl (C=O) groups is 1. The minimum absolute atomic E-state index is 0.115. The fraction of sp³-hybridized carbons (Fsp3) is 0.929. The van der Waals surface area contributed by atoms with Crippen molar-refractivity contribution in [2.45, 2.75) is 72.0 Å². The summed E-state index contributed by atoms with van der Waals surface area (Å²) in [5, 5.41) is 0. The quantitative estimate of drug-likeness (QED) is 0.647. The second-order valence-electron chi connectivity index (χ2n) is 5.21. The molecule has 0 radical (unpaired) electrons. The molecule has 0 aromatic heterocycles. The van der Waals surface area contributed by atoms with E-state index < -0.39 is 0 Å². The summed E-state index contributed by atoms with van der Waals surface area (Å²) < 4.78 is 5.71. The van der Waals surface area contributed by atoms with Crippen LogP contribution < -0.4 is 0 Å². The average Bonchev–Trinajstić information content (AvgIpc) is 2.48. The van der Waals surface area contributed by atoms with Crippen molar-refractivity contribution in [2.24, 2.45) is 11.8 Å². The highest BCUT2D eigenvalue weighted by atomic mass is 16.5. The van der Waals surface area contributed by atoms with Gasteiger partial charge in [0.15, 0.2) is 0 Å². The topological polar surface area (TPSA) is 26.3 Å². The van der Waals surface area contributed by atoms with E-state index in [1.807, 2.05) is 6.92 Å². The molecule has 0 aromatic rings. The van der Waals surface area contributed by atoms with Crippen LogP contribution in [0.25, 0.3) is 0 Å². The molecule has 0 spiro atoms. The summed E-state index contributed by atoms with van der Waals surface area (Å²) in [4.78, 5) is 12.1. The molecule has 0 bridgehead atoms. The van der Waals surface area contributed by atoms with Gasteiger partial charge >= 0.3 is 0 Å². The summed E-state index contributed by atoms with van der Waals surface area (Å²) in [6.45, 7) is 8.45. The van der Waals surface area contributed by atoms with Gasteiger partial charge in [0, 0.05) is 12.3 Å². The first-order valence-corrected chi connectivity index (χ1v) is 6.76. The van der Waals surface area contributed by atoms with Gasteiger partial charge in [-0.3, -0.25) is 4.79 Å². The second kappa shape index (κ2) is 6.39. The predicted molar refractivity (Wildman–Crippen MR) is 66.4 cm³/mol. The van der Waals surface area contributed by atoms with E-state index in [2.05, 4.69) is 20.8 Å². The molecule has 1 rings (SSSR count). The van der Waals surface area contributed by atoms with Crippen LogP contribution in [0.5, 0.6) is 0 Å². The van der Waals surface area contributed by atoms with Crippen LogP contribution in [0.15, 0.2) is 0 Å². The molecule has 0 N–H and O–H groups in total. The largest absolute Gasteiger partial charge is 0.375 e. The zero-order valence-electron chi connectivity index (χ0n) is 11.2. The van der Waals surface area contributed by atoms with Gasteiger partial charge in [-0.25, -0.2) is 0 Å². The maximum absolute atomic E-state index is 12.1. The van der Waals surface area contributed by atoms with Crippen LogP contribution in [-0.2, 0) is 9.53 Å². The molecule has 4 atom stereocenters. The molecule has 1 fully saturated rings. The molecular weight excluding hydrogens is 200 g/mol. The van der Waals surface area contributed by atoms with E-state index in [1.54, 1.807) is 0 Å². The Balaban J connectivity index is 2.35. The number of ketones is 1. The maximum atomic E-state index is 12.1. The third-order valence-electron chi connectivity index (χ3n) is 3.89. The van der Waals surface area contributed by atoms with E-state index >= 15 is 0 Å². The van der Waals surface area contributed by atoms with Crippen LogP contribution in [0, 0.1) is 11.8 Å². The minimum Gasteiger partial charge on any atom is -0.375 e. The van der Waals surface area contributed by atoms with Crippen molar-refractivity contribution in [1.82, 2.24) is 0 Å². The lowest BCUT2D eigenvalue weighted by Gasteiger charge is -2.16. The Morgan fingerprint density at radius 3 is 2.25 bits per heavy atom. The van der Waals surface area contributed by atoms with Gasteiger partial charge in [0.2, 0.25) is 0 Å². The summed E-state index contributed by atoms with van der Waals surface area (Å²) in [5.74, 6) is 0.936. The summed E-state index contributed by atoms with van der Waals surface area (Å²) in [6, 6.07) is 0. The Morgan fingerprint density at radius 2 is 1.75 bits per heavy atom. The van der Waals surface area contributed by atoms with Crippen molar-refractivity contribution in [3.63, 3.8) is 0 Å². The summed E-state index contributed by atoms with van der Waals surface area (Å²) in [7, 11) is 0. The SMILES string of the molecule is CCCCCCC(=O)C1C(C)OC(C)C1C. The van der Waals surface area contributed by atoms with Crippen LogP contribution in [0.3, 0.4) is 0 Å². The van der Waals surface area contributed by atoms with Crippen molar-refractivity contribution in [3.8, 4) is 0 Å². The Hall–Kier alpha value is -0.370. The third kappa shape index (κ3) is 3.31. The Kier molecular flexibility index (Phi) is 5.47. The van der Waals surface area contributed by atoms with Gasteiger partial charge in [-0.15, -0.1) is 0 Å². The van der Waals surface area contributed by atoms with Gasteiger partial charge in [-0.2, -0.15) is 0 Å². The number of hydrogen-bond donors (Lipinski definition) is 0. The van der Waals surface area contributed by atoms with Gasteiger partial charge in [0.1, 0.15) is 5.78 Å². The van der Waals surface area contributed by atoms with E-state index in [4.69, 9.17) is 4.74 Å². The molecule has 0 saturated carbocycles.